The van der Waals surface area contributed by atoms with E-state index < -0.39 is 0 Å². The van der Waals surface area contributed by atoms with E-state index in [9.17, 15) is 4.79 Å². The predicted octanol–water partition coefficient (Wildman–Crippen LogP) is 4.61. The van der Waals surface area contributed by atoms with Gasteiger partial charge in [-0.15, -0.1) is 11.3 Å². The van der Waals surface area contributed by atoms with E-state index in [0.717, 1.165) is 27.4 Å². The van der Waals surface area contributed by atoms with Gasteiger partial charge in [-0.05, 0) is 24.3 Å². The molecule has 0 aliphatic carbocycles. The number of aromatic amines is 1. The Morgan fingerprint density at radius 1 is 1.15 bits per heavy atom. The highest BCUT2D eigenvalue weighted by atomic mass is 35.5. The van der Waals surface area contributed by atoms with Gasteiger partial charge in [0.15, 0.2) is 0 Å². The first-order valence-corrected chi connectivity index (χ1v) is 9.26. The molecule has 0 unspecified atom stereocenters. The Morgan fingerprint density at radius 3 is 2.69 bits per heavy atom. The summed E-state index contributed by atoms with van der Waals surface area (Å²) < 4.78 is 0. The van der Waals surface area contributed by atoms with Crippen LogP contribution in [0.4, 0.5) is 0 Å². The Bertz CT molecular complexity index is 1040. The van der Waals surface area contributed by atoms with Crippen LogP contribution in [0.15, 0.2) is 53.9 Å². The summed E-state index contributed by atoms with van der Waals surface area (Å²) in [7, 11) is 1.75. The standard InChI is InChI=1S/C19H15ClN4OS/c1-24(10-17-21-14-4-2-3-5-15(14)22-17)19(25)16-11-26-18(23-16)12-6-8-13(20)9-7-12/h2-9,11H,10H2,1H3,(H,21,22). The topological polar surface area (TPSA) is 61.9 Å². The second kappa shape index (κ2) is 6.90. The number of aromatic nitrogens is 3. The van der Waals surface area contributed by atoms with Crippen molar-refractivity contribution < 1.29 is 4.79 Å². The van der Waals surface area contributed by atoms with Gasteiger partial charge in [0.2, 0.25) is 0 Å². The molecular formula is C19H15ClN4OS. The lowest BCUT2D eigenvalue weighted by atomic mass is 10.2. The number of carbonyl (C=O) groups excluding carboxylic acids is 1. The number of rotatable bonds is 4. The van der Waals surface area contributed by atoms with E-state index in [0.29, 0.717) is 17.3 Å². The Hall–Kier alpha value is -2.70. The maximum absolute atomic E-state index is 12.7. The monoisotopic (exact) mass is 382 g/mol. The predicted molar refractivity (Wildman–Crippen MR) is 104 cm³/mol. The number of imidazole rings is 1. The molecule has 130 valence electrons. The maximum atomic E-state index is 12.7. The summed E-state index contributed by atoms with van der Waals surface area (Å²) in [5.41, 5.74) is 3.22. The fourth-order valence-electron chi connectivity index (χ4n) is 2.67. The number of amides is 1. The first-order chi connectivity index (χ1) is 12.6. The van der Waals surface area contributed by atoms with Gasteiger partial charge in [-0.2, -0.15) is 0 Å². The third-order valence-corrected chi connectivity index (χ3v) is 5.13. The van der Waals surface area contributed by atoms with Gasteiger partial charge < -0.3 is 9.88 Å². The molecule has 0 fully saturated rings. The zero-order chi connectivity index (χ0) is 18.1. The van der Waals surface area contributed by atoms with Crippen molar-refractivity contribution >= 4 is 39.9 Å². The molecule has 26 heavy (non-hydrogen) atoms. The molecule has 4 aromatic rings. The molecule has 5 nitrogen and oxygen atoms in total. The summed E-state index contributed by atoms with van der Waals surface area (Å²) in [4.78, 5) is 26.5. The molecular weight excluding hydrogens is 368 g/mol. The maximum Gasteiger partial charge on any atom is 0.273 e. The SMILES string of the molecule is CN(Cc1nc2ccccc2[nH]1)C(=O)c1csc(-c2ccc(Cl)cc2)n1. The quantitative estimate of drug-likeness (QED) is 0.560. The first kappa shape index (κ1) is 16.8. The lowest BCUT2D eigenvalue weighted by Crippen LogP contribution is -2.27. The van der Waals surface area contributed by atoms with Crippen LogP contribution >= 0.6 is 22.9 Å². The van der Waals surface area contributed by atoms with E-state index in [1.54, 1.807) is 17.3 Å². The van der Waals surface area contributed by atoms with E-state index in [2.05, 4.69) is 15.0 Å². The zero-order valence-corrected chi connectivity index (χ0v) is 15.5. The minimum Gasteiger partial charge on any atom is -0.340 e. The highest BCUT2D eigenvalue weighted by Gasteiger charge is 2.17. The van der Waals surface area contributed by atoms with Crippen LogP contribution in [0, 0.1) is 0 Å². The van der Waals surface area contributed by atoms with Crippen LogP contribution in [0.5, 0.6) is 0 Å². The summed E-state index contributed by atoms with van der Waals surface area (Å²) in [5.74, 6) is 0.608. The van der Waals surface area contributed by atoms with Crippen molar-refractivity contribution in [2.45, 2.75) is 6.54 Å². The molecule has 0 saturated heterocycles. The number of hydrogen-bond donors (Lipinski definition) is 1. The number of para-hydroxylation sites is 2. The van der Waals surface area contributed by atoms with Crippen LogP contribution in [-0.4, -0.2) is 32.8 Å². The van der Waals surface area contributed by atoms with Gasteiger partial charge in [-0.1, -0.05) is 35.9 Å². The van der Waals surface area contributed by atoms with Gasteiger partial charge in [-0.25, -0.2) is 9.97 Å². The van der Waals surface area contributed by atoms with E-state index in [-0.39, 0.29) is 5.91 Å². The molecule has 7 heteroatoms. The van der Waals surface area contributed by atoms with Gasteiger partial charge in [0.05, 0.1) is 17.6 Å². The zero-order valence-electron chi connectivity index (χ0n) is 13.9. The van der Waals surface area contributed by atoms with Gasteiger partial charge >= 0.3 is 0 Å². The van der Waals surface area contributed by atoms with Gasteiger partial charge in [0, 0.05) is 23.0 Å². The molecule has 2 heterocycles. The molecule has 0 bridgehead atoms. The summed E-state index contributed by atoms with van der Waals surface area (Å²) in [6, 6.07) is 15.2. The van der Waals surface area contributed by atoms with E-state index in [4.69, 9.17) is 11.6 Å². The minimum atomic E-state index is -0.137. The van der Waals surface area contributed by atoms with Crippen molar-refractivity contribution in [2.75, 3.05) is 7.05 Å². The molecule has 2 aromatic heterocycles. The van der Waals surface area contributed by atoms with Crippen molar-refractivity contribution in [3.8, 4) is 10.6 Å². The van der Waals surface area contributed by atoms with Crippen molar-refractivity contribution in [1.82, 2.24) is 19.9 Å². The number of H-pyrrole nitrogens is 1. The summed E-state index contributed by atoms with van der Waals surface area (Å²) in [6.45, 7) is 0.390. The second-order valence-electron chi connectivity index (χ2n) is 5.91. The second-order valence-corrected chi connectivity index (χ2v) is 7.20. The average Bonchev–Trinajstić information content (AvgIpc) is 3.28. The van der Waals surface area contributed by atoms with Crippen molar-refractivity contribution in [3.63, 3.8) is 0 Å². The molecule has 4 rings (SSSR count). The molecule has 0 radical (unpaired) electrons. The van der Waals surface area contributed by atoms with E-state index in [1.807, 2.05) is 48.5 Å². The van der Waals surface area contributed by atoms with Crippen LogP contribution in [0.1, 0.15) is 16.3 Å². The summed E-state index contributed by atoms with van der Waals surface area (Å²) >= 11 is 7.36. The highest BCUT2D eigenvalue weighted by molar-refractivity contribution is 7.13. The van der Waals surface area contributed by atoms with Crippen LogP contribution in [0.2, 0.25) is 5.02 Å². The molecule has 1 amide bonds. The number of fused-ring (bicyclic) bond motifs is 1. The smallest absolute Gasteiger partial charge is 0.273 e. The average molecular weight is 383 g/mol. The molecule has 1 N–H and O–H groups in total. The lowest BCUT2D eigenvalue weighted by Gasteiger charge is -2.13. The molecule has 0 aliphatic rings. The fourth-order valence-corrected chi connectivity index (χ4v) is 3.60. The number of carbonyl (C=O) groups is 1. The number of nitrogens with zero attached hydrogens (tertiary/aromatic N) is 3. The Morgan fingerprint density at radius 2 is 1.92 bits per heavy atom. The summed E-state index contributed by atoms with van der Waals surface area (Å²) in [6.07, 6.45) is 0. The van der Waals surface area contributed by atoms with E-state index in [1.165, 1.54) is 11.3 Å². The number of nitrogens with one attached hydrogen (secondary N) is 1. The third kappa shape index (κ3) is 3.34. The van der Waals surface area contributed by atoms with Gasteiger partial charge in [0.25, 0.3) is 5.91 Å². The van der Waals surface area contributed by atoms with Crippen molar-refractivity contribution in [2.24, 2.45) is 0 Å². The van der Waals surface area contributed by atoms with Crippen LogP contribution in [-0.2, 0) is 6.54 Å². The number of halogens is 1. The number of benzene rings is 2. The van der Waals surface area contributed by atoms with Gasteiger partial charge in [0.1, 0.15) is 16.5 Å². The number of hydrogen-bond acceptors (Lipinski definition) is 4. The van der Waals surface area contributed by atoms with Crippen LogP contribution in [0.3, 0.4) is 0 Å². The molecule has 0 atom stereocenters. The van der Waals surface area contributed by atoms with Crippen LogP contribution < -0.4 is 0 Å². The Labute approximate surface area is 159 Å². The van der Waals surface area contributed by atoms with Crippen molar-refractivity contribution in [1.29, 1.82) is 0 Å². The molecule has 2 aromatic carbocycles. The van der Waals surface area contributed by atoms with Gasteiger partial charge in [-0.3, -0.25) is 4.79 Å². The van der Waals surface area contributed by atoms with E-state index >= 15 is 0 Å². The molecule has 0 aliphatic heterocycles. The first-order valence-electron chi connectivity index (χ1n) is 8.01. The van der Waals surface area contributed by atoms with Crippen molar-refractivity contribution in [3.05, 3.63) is 70.5 Å². The Balaban J connectivity index is 1.50. The fraction of sp³-hybridized carbons (Fsp3) is 0.105. The number of thiazole rings is 1. The van der Waals surface area contributed by atoms with Crippen LogP contribution in [0.25, 0.3) is 21.6 Å². The lowest BCUT2D eigenvalue weighted by molar-refractivity contribution is 0.0777. The Kier molecular flexibility index (Phi) is 4.44. The minimum absolute atomic E-state index is 0.137. The normalized spacial score (nSPS) is 11.0. The summed E-state index contributed by atoms with van der Waals surface area (Å²) in [5, 5.41) is 3.25. The third-order valence-electron chi connectivity index (χ3n) is 3.99. The largest absolute Gasteiger partial charge is 0.340 e. The molecule has 0 saturated carbocycles. The highest BCUT2D eigenvalue weighted by Crippen LogP contribution is 2.25. The molecule has 0 spiro atoms.